The molecule has 0 bridgehead atoms. The molecule has 1 aromatic carbocycles. The number of likely N-dealkylation sites (tertiary alicyclic amines) is 1. The molecule has 0 aromatic heterocycles. The topological polar surface area (TPSA) is 55.6 Å². The second-order valence-electron chi connectivity index (χ2n) is 6.98. The Morgan fingerprint density at radius 1 is 1.09 bits per heavy atom. The van der Waals surface area contributed by atoms with Gasteiger partial charge in [0.1, 0.15) is 5.75 Å². The van der Waals surface area contributed by atoms with Crippen molar-refractivity contribution >= 4 is 5.91 Å². The zero-order valence-electron chi connectivity index (χ0n) is 13.9. The summed E-state index contributed by atoms with van der Waals surface area (Å²) >= 11 is 0. The second kappa shape index (κ2) is 7.82. The molecule has 1 amide bonds. The molecular formula is C19H28N2O2. The van der Waals surface area contributed by atoms with Crippen LogP contribution in [0.1, 0.15) is 48.9 Å². The lowest BCUT2D eigenvalue weighted by Gasteiger charge is -2.21. The number of amides is 1. The van der Waals surface area contributed by atoms with Crippen molar-refractivity contribution in [3.05, 3.63) is 29.8 Å². The highest BCUT2D eigenvalue weighted by molar-refractivity contribution is 5.94. The number of nitrogens with zero attached hydrogens (tertiary/aromatic N) is 1. The van der Waals surface area contributed by atoms with Gasteiger partial charge in [0.05, 0.1) is 6.61 Å². The summed E-state index contributed by atoms with van der Waals surface area (Å²) in [5, 5.41) is 0. The zero-order chi connectivity index (χ0) is 16.1. The standard InChI is InChI=1S/C19H28N2O2/c20-12-16-10-11-21(13-16)19(22)17-6-8-18(9-7-17)23-14-15-4-2-1-3-5-15/h6-9,15-16H,1-5,10-14,20H2. The van der Waals surface area contributed by atoms with Crippen molar-refractivity contribution in [2.75, 3.05) is 26.2 Å². The van der Waals surface area contributed by atoms with Gasteiger partial charge in [0.15, 0.2) is 0 Å². The minimum Gasteiger partial charge on any atom is -0.493 e. The largest absolute Gasteiger partial charge is 0.493 e. The van der Waals surface area contributed by atoms with E-state index in [2.05, 4.69) is 0 Å². The normalized spacial score (nSPS) is 22.3. The van der Waals surface area contributed by atoms with Crippen LogP contribution in [0.2, 0.25) is 0 Å². The van der Waals surface area contributed by atoms with Crippen molar-refractivity contribution in [3.8, 4) is 5.75 Å². The maximum Gasteiger partial charge on any atom is 0.253 e. The molecule has 23 heavy (non-hydrogen) atoms. The Bertz CT molecular complexity index is 509. The molecule has 2 aliphatic rings. The molecule has 4 nitrogen and oxygen atoms in total. The fourth-order valence-electron chi connectivity index (χ4n) is 3.65. The molecule has 4 heteroatoms. The summed E-state index contributed by atoms with van der Waals surface area (Å²) in [6, 6.07) is 7.61. The van der Waals surface area contributed by atoms with E-state index in [1.165, 1.54) is 32.1 Å². The summed E-state index contributed by atoms with van der Waals surface area (Å²) in [5.74, 6) is 2.13. The third-order valence-electron chi connectivity index (χ3n) is 5.22. The predicted molar refractivity (Wildman–Crippen MR) is 91.6 cm³/mol. The molecule has 1 heterocycles. The summed E-state index contributed by atoms with van der Waals surface area (Å²) < 4.78 is 5.90. The van der Waals surface area contributed by atoms with E-state index < -0.39 is 0 Å². The lowest BCUT2D eigenvalue weighted by molar-refractivity contribution is 0.0787. The molecule has 2 fully saturated rings. The first-order valence-corrected chi connectivity index (χ1v) is 8.98. The lowest BCUT2D eigenvalue weighted by Crippen LogP contribution is -2.29. The summed E-state index contributed by atoms with van der Waals surface area (Å²) in [6.45, 7) is 3.07. The van der Waals surface area contributed by atoms with Crippen LogP contribution in [0.15, 0.2) is 24.3 Å². The Morgan fingerprint density at radius 2 is 1.83 bits per heavy atom. The van der Waals surface area contributed by atoms with Gasteiger partial charge in [-0.05, 0) is 61.9 Å². The van der Waals surface area contributed by atoms with Crippen molar-refractivity contribution in [2.24, 2.45) is 17.6 Å². The van der Waals surface area contributed by atoms with Crippen LogP contribution >= 0.6 is 0 Å². The van der Waals surface area contributed by atoms with Crippen molar-refractivity contribution in [2.45, 2.75) is 38.5 Å². The van der Waals surface area contributed by atoms with Crippen LogP contribution in [0.4, 0.5) is 0 Å². The minimum atomic E-state index is 0.111. The van der Waals surface area contributed by atoms with Crippen LogP contribution < -0.4 is 10.5 Å². The predicted octanol–water partition coefficient (Wildman–Crippen LogP) is 3.07. The molecule has 126 valence electrons. The molecule has 1 saturated heterocycles. The summed E-state index contributed by atoms with van der Waals surface area (Å²) in [7, 11) is 0. The molecular weight excluding hydrogens is 288 g/mol. The molecule has 2 N–H and O–H groups in total. The highest BCUT2D eigenvalue weighted by Gasteiger charge is 2.25. The summed E-state index contributed by atoms with van der Waals surface area (Å²) in [5.41, 5.74) is 6.44. The van der Waals surface area contributed by atoms with Gasteiger partial charge in [-0.1, -0.05) is 19.3 Å². The molecule has 1 aromatic rings. The first-order valence-electron chi connectivity index (χ1n) is 8.98. The third kappa shape index (κ3) is 4.25. The first-order chi connectivity index (χ1) is 11.3. The van der Waals surface area contributed by atoms with Crippen LogP contribution in [-0.4, -0.2) is 37.0 Å². The van der Waals surface area contributed by atoms with Crippen molar-refractivity contribution < 1.29 is 9.53 Å². The van der Waals surface area contributed by atoms with Crippen LogP contribution in [0.25, 0.3) is 0 Å². The Hall–Kier alpha value is -1.55. The first kappa shape index (κ1) is 16.3. The molecule has 1 unspecified atom stereocenters. The Morgan fingerprint density at radius 3 is 2.48 bits per heavy atom. The van der Waals surface area contributed by atoms with E-state index in [9.17, 15) is 4.79 Å². The van der Waals surface area contributed by atoms with Gasteiger partial charge < -0.3 is 15.4 Å². The molecule has 0 spiro atoms. The Labute approximate surface area is 139 Å². The number of rotatable bonds is 5. The number of carbonyl (C=O) groups excluding carboxylic acids is 1. The van der Waals surface area contributed by atoms with E-state index in [0.29, 0.717) is 18.4 Å². The van der Waals surface area contributed by atoms with E-state index in [-0.39, 0.29) is 5.91 Å². The van der Waals surface area contributed by atoms with Crippen LogP contribution in [0, 0.1) is 11.8 Å². The third-order valence-corrected chi connectivity index (χ3v) is 5.22. The van der Waals surface area contributed by atoms with Gasteiger partial charge in [-0.15, -0.1) is 0 Å². The number of ether oxygens (including phenoxy) is 1. The summed E-state index contributed by atoms with van der Waals surface area (Å²) in [4.78, 5) is 14.4. The monoisotopic (exact) mass is 316 g/mol. The fourth-order valence-corrected chi connectivity index (χ4v) is 3.65. The molecule has 1 saturated carbocycles. The number of carbonyl (C=O) groups is 1. The zero-order valence-corrected chi connectivity index (χ0v) is 13.9. The number of nitrogens with two attached hydrogens (primary N) is 1. The van der Waals surface area contributed by atoms with Crippen LogP contribution in [0.3, 0.4) is 0 Å². The van der Waals surface area contributed by atoms with Crippen molar-refractivity contribution in [1.82, 2.24) is 4.90 Å². The molecule has 1 aliphatic heterocycles. The van der Waals surface area contributed by atoms with E-state index in [4.69, 9.17) is 10.5 Å². The van der Waals surface area contributed by atoms with Gasteiger partial charge in [0, 0.05) is 18.7 Å². The van der Waals surface area contributed by atoms with Gasteiger partial charge in [-0.25, -0.2) is 0 Å². The van der Waals surface area contributed by atoms with E-state index in [1.807, 2.05) is 29.2 Å². The van der Waals surface area contributed by atoms with Gasteiger partial charge >= 0.3 is 0 Å². The average molecular weight is 316 g/mol. The Balaban J connectivity index is 1.51. The molecule has 1 atom stereocenters. The maximum absolute atomic E-state index is 12.5. The molecule has 1 aliphatic carbocycles. The van der Waals surface area contributed by atoms with Crippen LogP contribution in [0.5, 0.6) is 5.75 Å². The Kier molecular flexibility index (Phi) is 5.55. The minimum absolute atomic E-state index is 0.111. The number of benzene rings is 1. The quantitative estimate of drug-likeness (QED) is 0.908. The smallest absolute Gasteiger partial charge is 0.253 e. The fraction of sp³-hybridized carbons (Fsp3) is 0.632. The van der Waals surface area contributed by atoms with Crippen LogP contribution in [-0.2, 0) is 0 Å². The highest BCUT2D eigenvalue weighted by Crippen LogP contribution is 2.25. The van der Waals surface area contributed by atoms with Crippen molar-refractivity contribution in [3.63, 3.8) is 0 Å². The molecule has 3 rings (SSSR count). The lowest BCUT2D eigenvalue weighted by atomic mass is 9.90. The highest BCUT2D eigenvalue weighted by atomic mass is 16.5. The summed E-state index contributed by atoms with van der Waals surface area (Å²) in [6.07, 6.45) is 7.63. The maximum atomic E-state index is 12.5. The van der Waals surface area contributed by atoms with E-state index in [0.717, 1.165) is 37.4 Å². The van der Waals surface area contributed by atoms with Gasteiger partial charge in [-0.3, -0.25) is 4.79 Å². The van der Waals surface area contributed by atoms with Crippen molar-refractivity contribution in [1.29, 1.82) is 0 Å². The van der Waals surface area contributed by atoms with E-state index >= 15 is 0 Å². The average Bonchev–Trinajstić information content (AvgIpc) is 3.10. The van der Waals surface area contributed by atoms with E-state index in [1.54, 1.807) is 0 Å². The SMILES string of the molecule is NCC1CCN(C(=O)c2ccc(OCC3CCCCC3)cc2)C1. The van der Waals surface area contributed by atoms with Gasteiger partial charge in [-0.2, -0.15) is 0 Å². The molecule has 0 radical (unpaired) electrons. The number of hydrogen-bond acceptors (Lipinski definition) is 3. The van der Waals surface area contributed by atoms with Gasteiger partial charge in [0.25, 0.3) is 5.91 Å². The number of hydrogen-bond donors (Lipinski definition) is 1. The van der Waals surface area contributed by atoms with Gasteiger partial charge in [0.2, 0.25) is 0 Å². The second-order valence-corrected chi connectivity index (χ2v) is 6.98.